The SMILES string of the molecule is CC1COc2ccc(C(Br)C3CCC(C)O3)cc2OC1. The summed E-state index contributed by atoms with van der Waals surface area (Å²) in [6.07, 6.45) is 2.84. The van der Waals surface area contributed by atoms with Crippen LogP contribution in [-0.4, -0.2) is 25.4 Å². The molecule has 3 nitrogen and oxygen atoms in total. The number of hydrogen-bond donors (Lipinski definition) is 0. The van der Waals surface area contributed by atoms with Crippen molar-refractivity contribution < 1.29 is 14.2 Å². The zero-order chi connectivity index (χ0) is 14.1. The van der Waals surface area contributed by atoms with Crippen molar-refractivity contribution in [1.82, 2.24) is 0 Å². The Hall–Kier alpha value is -0.740. The highest BCUT2D eigenvalue weighted by Crippen LogP contribution is 2.40. The van der Waals surface area contributed by atoms with E-state index < -0.39 is 0 Å². The molecular weight excluding hydrogens is 320 g/mol. The molecule has 0 spiro atoms. The van der Waals surface area contributed by atoms with E-state index in [2.05, 4.69) is 41.9 Å². The van der Waals surface area contributed by atoms with E-state index in [-0.39, 0.29) is 10.9 Å². The summed E-state index contributed by atoms with van der Waals surface area (Å²) >= 11 is 3.78. The number of hydrogen-bond acceptors (Lipinski definition) is 3. The predicted molar refractivity (Wildman–Crippen MR) is 81.8 cm³/mol. The summed E-state index contributed by atoms with van der Waals surface area (Å²) in [7, 11) is 0. The minimum absolute atomic E-state index is 0.210. The topological polar surface area (TPSA) is 27.7 Å². The second-order valence-corrected chi connectivity index (χ2v) is 6.88. The maximum absolute atomic E-state index is 5.94. The van der Waals surface area contributed by atoms with Crippen molar-refractivity contribution in [2.75, 3.05) is 13.2 Å². The van der Waals surface area contributed by atoms with Crippen LogP contribution in [0.2, 0.25) is 0 Å². The fourth-order valence-corrected chi connectivity index (χ4v) is 3.38. The highest BCUT2D eigenvalue weighted by molar-refractivity contribution is 9.09. The maximum Gasteiger partial charge on any atom is 0.161 e. The third-order valence-corrected chi connectivity index (χ3v) is 5.04. The van der Waals surface area contributed by atoms with Crippen LogP contribution in [0.4, 0.5) is 0 Å². The van der Waals surface area contributed by atoms with Crippen LogP contribution < -0.4 is 9.47 Å². The molecule has 110 valence electrons. The molecule has 20 heavy (non-hydrogen) atoms. The predicted octanol–water partition coefficient (Wildman–Crippen LogP) is 4.10. The molecule has 1 fully saturated rings. The molecule has 0 N–H and O–H groups in total. The molecule has 0 amide bonds. The Morgan fingerprint density at radius 3 is 2.55 bits per heavy atom. The van der Waals surface area contributed by atoms with Crippen molar-refractivity contribution in [3.63, 3.8) is 0 Å². The summed E-state index contributed by atoms with van der Waals surface area (Å²) in [6.45, 7) is 5.69. The molecule has 4 atom stereocenters. The van der Waals surface area contributed by atoms with Gasteiger partial charge in [-0.15, -0.1) is 0 Å². The quantitative estimate of drug-likeness (QED) is 0.758. The van der Waals surface area contributed by atoms with Gasteiger partial charge in [0.25, 0.3) is 0 Å². The molecule has 4 unspecified atom stereocenters. The van der Waals surface area contributed by atoms with Crippen molar-refractivity contribution in [3.05, 3.63) is 23.8 Å². The molecule has 0 aliphatic carbocycles. The lowest BCUT2D eigenvalue weighted by molar-refractivity contribution is 0.0556. The average Bonchev–Trinajstić information content (AvgIpc) is 2.80. The van der Waals surface area contributed by atoms with Gasteiger partial charge in [0.2, 0.25) is 0 Å². The molecule has 1 aromatic rings. The van der Waals surface area contributed by atoms with E-state index in [1.165, 1.54) is 5.56 Å². The first kappa shape index (κ1) is 14.2. The zero-order valence-electron chi connectivity index (χ0n) is 12.0. The second kappa shape index (κ2) is 5.94. The van der Waals surface area contributed by atoms with E-state index in [9.17, 15) is 0 Å². The van der Waals surface area contributed by atoms with E-state index in [1.807, 2.05) is 6.07 Å². The highest BCUT2D eigenvalue weighted by atomic mass is 79.9. The van der Waals surface area contributed by atoms with Crippen LogP contribution in [0.3, 0.4) is 0 Å². The third kappa shape index (κ3) is 2.96. The van der Waals surface area contributed by atoms with Crippen LogP contribution in [0.15, 0.2) is 18.2 Å². The van der Waals surface area contributed by atoms with Gasteiger partial charge in [0.15, 0.2) is 11.5 Å². The van der Waals surface area contributed by atoms with Crippen LogP contribution in [-0.2, 0) is 4.74 Å². The Morgan fingerprint density at radius 1 is 1.10 bits per heavy atom. The Bertz CT molecular complexity index is 477. The molecule has 3 rings (SSSR count). The molecule has 4 heteroatoms. The second-order valence-electron chi connectivity index (χ2n) is 5.90. The van der Waals surface area contributed by atoms with Gasteiger partial charge in [-0.2, -0.15) is 0 Å². The zero-order valence-corrected chi connectivity index (χ0v) is 13.6. The van der Waals surface area contributed by atoms with Gasteiger partial charge in [-0.05, 0) is 37.5 Å². The lowest BCUT2D eigenvalue weighted by Gasteiger charge is -2.19. The van der Waals surface area contributed by atoms with Crippen LogP contribution in [0.5, 0.6) is 11.5 Å². The molecule has 0 saturated carbocycles. The number of fused-ring (bicyclic) bond motifs is 1. The largest absolute Gasteiger partial charge is 0.489 e. The van der Waals surface area contributed by atoms with Gasteiger partial charge in [0, 0.05) is 5.92 Å². The van der Waals surface area contributed by atoms with E-state index in [0.29, 0.717) is 25.2 Å². The minimum atomic E-state index is 0.210. The first-order valence-corrected chi connectivity index (χ1v) is 8.24. The highest BCUT2D eigenvalue weighted by Gasteiger charge is 2.29. The van der Waals surface area contributed by atoms with Gasteiger partial charge in [-0.3, -0.25) is 0 Å². The van der Waals surface area contributed by atoms with Gasteiger partial charge in [-0.25, -0.2) is 0 Å². The van der Waals surface area contributed by atoms with Gasteiger partial charge >= 0.3 is 0 Å². The molecule has 1 aromatic carbocycles. The van der Waals surface area contributed by atoms with Crippen LogP contribution >= 0.6 is 15.9 Å². The van der Waals surface area contributed by atoms with Crippen molar-refractivity contribution in [2.45, 2.75) is 43.7 Å². The van der Waals surface area contributed by atoms with Crippen LogP contribution in [0, 0.1) is 5.92 Å². The van der Waals surface area contributed by atoms with E-state index in [1.54, 1.807) is 0 Å². The number of benzene rings is 1. The molecule has 0 bridgehead atoms. The summed E-state index contributed by atoms with van der Waals surface area (Å²) in [4.78, 5) is 0.210. The molecular formula is C16H21BrO3. The molecule has 2 aliphatic rings. The fraction of sp³-hybridized carbons (Fsp3) is 0.625. The average molecular weight is 341 g/mol. The minimum Gasteiger partial charge on any atom is -0.489 e. The third-order valence-electron chi connectivity index (χ3n) is 3.92. The van der Waals surface area contributed by atoms with Gasteiger partial charge in [0.1, 0.15) is 0 Å². The lowest BCUT2D eigenvalue weighted by Crippen LogP contribution is -2.14. The van der Waals surface area contributed by atoms with Crippen molar-refractivity contribution >= 4 is 15.9 Å². The Balaban J connectivity index is 1.78. The Labute approximate surface area is 128 Å². The van der Waals surface area contributed by atoms with Crippen molar-refractivity contribution in [3.8, 4) is 11.5 Å². The number of rotatable bonds is 2. The smallest absolute Gasteiger partial charge is 0.161 e. The lowest BCUT2D eigenvalue weighted by atomic mass is 10.0. The molecule has 1 saturated heterocycles. The van der Waals surface area contributed by atoms with Gasteiger partial charge in [-0.1, -0.05) is 28.9 Å². The fourth-order valence-electron chi connectivity index (χ4n) is 2.70. The monoisotopic (exact) mass is 340 g/mol. The van der Waals surface area contributed by atoms with Gasteiger partial charge < -0.3 is 14.2 Å². The maximum atomic E-state index is 5.94. The number of ether oxygens (including phenoxy) is 3. The first-order valence-electron chi connectivity index (χ1n) is 7.32. The van der Waals surface area contributed by atoms with Crippen LogP contribution in [0.1, 0.15) is 37.1 Å². The molecule has 0 aromatic heterocycles. The molecule has 2 heterocycles. The molecule has 0 radical (unpaired) electrons. The first-order chi connectivity index (χ1) is 9.63. The molecule has 2 aliphatic heterocycles. The van der Waals surface area contributed by atoms with E-state index in [0.717, 1.165) is 24.3 Å². The van der Waals surface area contributed by atoms with Crippen LogP contribution in [0.25, 0.3) is 0 Å². The van der Waals surface area contributed by atoms with Gasteiger partial charge in [0.05, 0.1) is 30.2 Å². The standard InChI is InChI=1S/C16H21BrO3/c1-10-8-18-13-6-4-12(7-15(13)19-9-10)16(17)14-5-3-11(2)20-14/h4,6-7,10-11,14,16H,3,5,8-9H2,1-2H3. The number of alkyl halides is 1. The summed E-state index contributed by atoms with van der Waals surface area (Å²) < 4.78 is 17.6. The summed E-state index contributed by atoms with van der Waals surface area (Å²) in [5, 5.41) is 0. The Kier molecular flexibility index (Phi) is 4.22. The Morgan fingerprint density at radius 2 is 1.85 bits per heavy atom. The van der Waals surface area contributed by atoms with Crippen molar-refractivity contribution in [1.29, 1.82) is 0 Å². The summed E-state index contributed by atoms with van der Waals surface area (Å²) in [5.74, 6) is 2.12. The van der Waals surface area contributed by atoms with Crippen molar-refractivity contribution in [2.24, 2.45) is 5.92 Å². The van der Waals surface area contributed by atoms with E-state index >= 15 is 0 Å². The van der Waals surface area contributed by atoms with E-state index in [4.69, 9.17) is 14.2 Å². The number of halogens is 1. The summed E-state index contributed by atoms with van der Waals surface area (Å²) in [6, 6.07) is 6.19. The summed E-state index contributed by atoms with van der Waals surface area (Å²) in [5.41, 5.74) is 1.20. The normalized spacial score (nSPS) is 30.9.